The second-order valence-electron chi connectivity index (χ2n) is 5.02. The van der Waals surface area contributed by atoms with Crippen molar-refractivity contribution in [2.75, 3.05) is 32.8 Å². The maximum Gasteiger partial charge on any atom is 0.344 e. The maximum absolute atomic E-state index is 11.9. The maximum atomic E-state index is 11.9. The van der Waals surface area contributed by atoms with Crippen LogP contribution in [0.1, 0.15) is 0 Å². The molecule has 0 unspecified atom stereocenters. The van der Waals surface area contributed by atoms with Gasteiger partial charge in [0.1, 0.15) is 5.75 Å². The standard InChI is InChI=1S/C18H18ClNO6/c1-23-15-8-5-13(9-16(15)24-2)20-17(21)10-26-18(22)11-25-14-6-3-12(19)4-7-14/h3-9H,10-11H2,1-2H3,(H,20,21). The van der Waals surface area contributed by atoms with E-state index in [1.165, 1.54) is 14.2 Å². The molecule has 0 spiro atoms. The highest BCUT2D eigenvalue weighted by atomic mass is 35.5. The molecule has 0 aliphatic carbocycles. The highest BCUT2D eigenvalue weighted by Crippen LogP contribution is 2.29. The largest absolute Gasteiger partial charge is 0.493 e. The summed E-state index contributed by atoms with van der Waals surface area (Å²) in [5.74, 6) is 0.329. The number of hydrogen-bond donors (Lipinski definition) is 1. The number of halogens is 1. The first kappa shape index (κ1) is 19.4. The van der Waals surface area contributed by atoms with Crippen molar-refractivity contribution in [3.63, 3.8) is 0 Å². The molecule has 138 valence electrons. The van der Waals surface area contributed by atoms with E-state index in [9.17, 15) is 9.59 Å². The summed E-state index contributed by atoms with van der Waals surface area (Å²) in [6, 6.07) is 11.4. The summed E-state index contributed by atoms with van der Waals surface area (Å²) in [5, 5.41) is 3.16. The van der Waals surface area contributed by atoms with Crippen LogP contribution in [0.2, 0.25) is 5.02 Å². The Bertz CT molecular complexity index is 763. The highest BCUT2D eigenvalue weighted by molar-refractivity contribution is 6.30. The van der Waals surface area contributed by atoms with Crippen LogP contribution in [-0.2, 0) is 14.3 Å². The van der Waals surface area contributed by atoms with Crippen molar-refractivity contribution in [1.82, 2.24) is 0 Å². The van der Waals surface area contributed by atoms with Crippen LogP contribution in [0, 0.1) is 0 Å². The molecule has 2 aromatic carbocycles. The van der Waals surface area contributed by atoms with Gasteiger partial charge in [-0.15, -0.1) is 0 Å². The van der Waals surface area contributed by atoms with Gasteiger partial charge in [-0.25, -0.2) is 4.79 Å². The third kappa shape index (κ3) is 5.86. The van der Waals surface area contributed by atoms with E-state index in [2.05, 4.69) is 5.32 Å². The van der Waals surface area contributed by atoms with Crippen LogP contribution in [0.3, 0.4) is 0 Å². The molecule has 0 aromatic heterocycles. The Morgan fingerprint density at radius 2 is 1.65 bits per heavy atom. The van der Waals surface area contributed by atoms with Gasteiger partial charge in [-0.1, -0.05) is 11.6 Å². The van der Waals surface area contributed by atoms with Gasteiger partial charge >= 0.3 is 5.97 Å². The number of esters is 1. The predicted octanol–water partition coefficient (Wildman–Crippen LogP) is 2.92. The zero-order valence-electron chi connectivity index (χ0n) is 14.3. The van der Waals surface area contributed by atoms with Crippen molar-refractivity contribution in [2.45, 2.75) is 0 Å². The van der Waals surface area contributed by atoms with E-state index in [0.717, 1.165) is 0 Å². The number of methoxy groups -OCH3 is 2. The van der Waals surface area contributed by atoms with E-state index in [1.54, 1.807) is 42.5 Å². The minimum atomic E-state index is -0.664. The van der Waals surface area contributed by atoms with Gasteiger partial charge in [0.2, 0.25) is 0 Å². The van der Waals surface area contributed by atoms with Crippen molar-refractivity contribution in [3.8, 4) is 17.2 Å². The molecule has 0 saturated heterocycles. The van der Waals surface area contributed by atoms with Crippen LogP contribution in [-0.4, -0.2) is 39.3 Å². The number of benzene rings is 2. The van der Waals surface area contributed by atoms with Crippen molar-refractivity contribution in [2.24, 2.45) is 0 Å². The third-order valence-corrected chi connectivity index (χ3v) is 3.45. The Morgan fingerprint density at radius 1 is 0.962 bits per heavy atom. The number of amides is 1. The lowest BCUT2D eigenvalue weighted by Crippen LogP contribution is -2.23. The third-order valence-electron chi connectivity index (χ3n) is 3.20. The highest BCUT2D eigenvalue weighted by Gasteiger charge is 2.11. The average molecular weight is 380 g/mol. The first-order chi connectivity index (χ1) is 12.5. The zero-order chi connectivity index (χ0) is 18.9. The van der Waals surface area contributed by atoms with Gasteiger partial charge in [0.05, 0.1) is 14.2 Å². The van der Waals surface area contributed by atoms with Crippen molar-refractivity contribution >= 4 is 29.2 Å². The van der Waals surface area contributed by atoms with Crippen LogP contribution in [0.15, 0.2) is 42.5 Å². The summed E-state index contributed by atoms with van der Waals surface area (Å²) in [5.41, 5.74) is 0.487. The van der Waals surface area contributed by atoms with Gasteiger partial charge in [-0.3, -0.25) is 4.79 Å². The van der Waals surface area contributed by atoms with Gasteiger partial charge in [-0.2, -0.15) is 0 Å². The first-order valence-electron chi connectivity index (χ1n) is 7.57. The summed E-state index contributed by atoms with van der Waals surface area (Å²) >= 11 is 5.75. The van der Waals surface area contributed by atoms with Gasteiger partial charge < -0.3 is 24.3 Å². The normalized spacial score (nSPS) is 9.96. The molecule has 0 fully saturated rings. The lowest BCUT2D eigenvalue weighted by Gasteiger charge is -2.11. The summed E-state index contributed by atoms with van der Waals surface area (Å²) in [4.78, 5) is 23.5. The lowest BCUT2D eigenvalue weighted by atomic mass is 10.2. The zero-order valence-corrected chi connectivity index (χ0v) is 15.0. The molecule has 1 amide bonds. The fraction of sp³-hybridized carbons (Fsp3) is 0.222. The molecule has 0 aliphatic rings. The van der Waals surface area contributed by atoms with E-state index in [1.807, 2.05) is 0 Å². The van der Waals surface area contributed by atoms with Crippen LogP contribution in [0.5, 0.6) is 17.2 Å². The van der Waals surface area contributed by atoms with Gasteiger partial charge in [0.15, 0.2) is 24.7 Å². The minimum absolute atomic E-state index is 0.314. The molecular formula is C18H18ClNO6. The van der Waals surface area contributed by atoms with E-state index < -0.39 is 18.5 Å². The Kier molecular flexibility index (Phi) is 7.11. The number of ether oxygens (including phenoxy) is 4. The summed E-state index contributed by atoms with van der Waals surface area (Å²) in [7, 11) is 3.01. The molecule has 1 N–H and O–H groups in total. The van der Waals surface area contributed by atoms with Crippen LogP contribution < -0.4 is 19.5 Å². The Labute approximate surface area is 155 Å². The Balaban J connectivity index is 1.77. The van der Waals surface area contributed by atoms with Crippen LogP contribution in [0.4, 0.5) is 5.69 Å². The van der Waals surface area contributed by atoms with Gasteiger partial charge in [-0.05, 0) is 36.4 Å². The van der Waals surface area contributed by atoms with Crippen molar-refractivity contribution in [1.29, 1.82) is 0 Å². The number of anilines is 1. The van der Waals surface area contributed by atoms with Crippen LogP contribution in [0.25, 0.3) is 0 Å². The number of rotatable bonds is 8. The monoisotopic (exact) mass is 379 g/mol. The summed E-state index contributed by atoms with van der Waals surface area (Å²) in [6.07, 6.45) is 0. The van der Waals surface area contributed by atoms with E-state index in [4.69, 9.17) is 30.5 Å². The first-order valence-corrected chi connectivity index (χ1v) is 7.95. The molecule has 0 bridgehead atoms. The molecule has 0 aliphatic heterocycles. The molecule has 0 saturated carbocycles. The number of carbonyl (C=O) groups excluding carboxylic acids is 2. The van der Waals surface area contributed by atoms with E-state index in [-0.39, 0.29) is 6.61 Å². The fourth-order valence-electron chi connectivity index (χ4n) is 1.97. The van der Waals surface area contributed by atoms with Crippen molar-refractivity contribution < 1.29 is 28.5 Å². The van der Waals surface area contributed by atoms with Gasteiger partial charge in [0.25, 0.3) is 5.91 Å². The number of carbonyl (C=O) groups is 2. The van der Waals surface area contributed by atoms with Gasteiger partial charge in [0, 0.05) is 16.8 Å². The Hall–Kier alpha value is -2.93. The molecule has 0 radical (unpaired) electrons. The summed E-state index contributed by atoms with van der Waals surface area (Å²) in [6.45, 7) is -0.748. The second kappa shape index (κ2) is 9.53. The SMILES string of the molecule is COc1ccc(NC(=O)COC(=O)COc2ccc(Cl)cc2)cc1OC. The molecule has 26 heavy (non-hydrogen) atoms. The molecule has 2 rings (SSSR count). The lowest BCUT2D eigenvalue weighted by molar-refractivity contribution is -0.149. The van der Waals surface area contributed by atoms with Crippen LogP contribution >= 0.6 is 11.6 Å². The predicted molar refractivity (Wildman–Crippen MR) is 96.1 cm³/mol. The number of hydrogen-bond acceptors (Lipinski definition) is 6. The van der Waals surface area contributed by atoms with E-state index in [0.29, 0.717) is 28.0 Å². The molecule has 0 heterocycles. The molecule has 2 aromatic rings. The number of nitrogens with one attached hydrogen (secondary N) is 1. The molecular weight excluding hydrogens is 362 g/mol. The topological polar surface area (TPSA) is 83.1 Å². The fourth-order valence-corrected chi connectivity index (χ4v) is 2.10. The summed E-state index contributed by atoms with van der Waals surface area (Å²) < 4.78 is 20.4. The quantitative estimate of drug-likeness (QED) is 0.710. The average Bonchev–Trinajstić information content (AvgIpc) is 2.65. The van der Waals surface area contributed by atoms with Crippen molar-refractivity contribution in [3.05, 3.63) is 47.5 Å². The molecule has 0 atom stereocenters. The Morgan fingerprint density at radius 3 is 2.31 bits per heavy atom. The van der Waals surface area contributed by atoms with E-state index >= 15 is 0 Å². The second-order valence-corrected chi connectivity index (χ2v) is 5.46. The molecule has 7 nitrogen and oxygen atoms in total. The smallest absolute Gasteiger partial charge is 0.344 e. The minimum Gasteiger partial charge on any atom is -0.493 e. The molecule has 8 heteroatoms.